The van der Waals surface area contributed by atoms with E-state index in [1.54, 1.807) is 19.2 Å². The summed E-state index contributed by atoms with van der Waals surface area (Å²) in [6.45, 7) is 4.54. The average molecular weight is 313 g/mol. The van der Waals surface area contributed by atoms with Crippen molar-refractivity contribution in [2.75, 3.05) is 19.0 Å². The first kappa shape index (κ1) is 16.9. The number of benzene rings is 2. The van der Waals surface area contributed by atoms with Crippen LogP contribution >= 0.6 is 0 Å². The summed E-state index contributed by atoms with van der Waals surface area (Å²) in [5.74, 6) is 1.27. The highest BCUT2D eigenvalue weighted by atomic mass is 16.5. The third kappa shape index (κ3) is 5.02. The average Bonchev–Trinajstić information content (AvgIpc) is 2.56. The number of carbonyl (C=O) groups excluding carboxylic acids is 1. The van der Waals surface area contributed by atoms with E-state index in [0.29, 0.717) is 30.2 Å². The van der Waals surface area contributed by atoms with Gasteiger partial charge < -0.3 is 14.8 Å². The largest absolute Gasteiger partial charge is 0.493 e. The molecule has 0 radical (unpaired) electrons. The second-order valence-corrected chi connectivity index (χ2v) is 5.33. The second-order valence-electron chi connectivity index (χ2n) is 5.33. The minimum atomic E-state index is -0.0169. The van der Waals surface area contributed by atoms with Crippen LogP contribution in [0.5, 0.6) is 11.5 Å². The highest BCUT2D eigenvalue weighted by Gasteiger charge is 2.08. The first-order valence-electron chi connectivity index (χ1n) is 7.78. The predicted molar refractivity (Wildman–Crippen MR) is 92.3 cm³/mol. The molecule has 0 aliphatic heterocycles. The lowest BCUT2D eigenvalue weighted by Gasteiger charge is -2.11. The Hall–Kier alpha value is -2.49. The summed E-state index contributed by atoms with van der Waals surface area (Å²) < 4.78 is 10.7. The first-order chi connectivity index (χ1) is 11.1. The van der Waals surface area contributed by atoms with Crippen molar-refractivity contribution in [2.45, 2.75) is 26.7 Å². The molecule has 1 amide bonds. The van der Waals surface area contributed by atoms with Gasteiger partial charge in [0.25, 0.3) is 0 Å². The van der Waals surface area contributed by atoms with E-state index >= 15 is 0 Å². The fourth-order valence-corrected chi connectivity index (χ4v) is 2.26. The number of hydrogen-bond donors (Lipinski definition) is 1. The standard InChI is InChI=1S/C19H23NO3/c1-4-23-17-11-10-16(13-18(17)22-3)20-19(21)12-9-15-7-5-14(2)6-8-15/h5-8,10-11,13H,4,9,12H2,1-3H3,(H,20,21). The summed E-state index contributed by atoms with van der Waals surface area (Å²) >= 11 is 0. The van der Waals surface area contributed by atoms with Crippen molar-refractivity contribution in [3.05, 3.63) is 53.6 Å². The van der Waals surface area contributed by atoms with E-state index in [1.807, 2.05) is 13.0 Å². The van der Waals surface area contributed by atoms with E-state index in [2.05, 4.69) is 36.5 Å². The molecule has 0 aliphatic carbocycles. The Morgan fingerprint density at radius 2 is 1.83 bits per heavy atom. The number of aryl methyl sites for hydroxylation is 2. The fraction of sp³-hybridized carbons (Fsp3) is 0.316. The lowest BCUT2D eigenvalue weighted by Crippen LogP contribution is -2.12. The van der Waals surface area contributed by atoms with Gasteiger partial charge in [0.1, 0.15) is 0 Å². The first-order valence-corrected chi connectivity index (χ1v) is 7.78. The molecule has 0 spiro atoms. The van der Waals surface area contributed by atoms with Gasteiger partial charge in [-0.2, -0.15) is 0 Å². The molecule has 0 aliphatic rings. The van der Waals surface area contributed by atoms with E-state index in [9.17, 15) is 4.79 Å². The zero-order chi connectivity index (χ0) is 16.7. The second kappa shape index (κ2) is 8.22. The van der Waals surface area contributed by atoms with Crippen molar-refractivity contribution < 1.29 is 14.3 Å². The summed E-state index contributed by atoms with van der Waals surface area (Å²) in [4.78, 5) is 12.1. The highest BCUT2D eigenvalue weighted by Crippen LogP contribution is 2.30. The van der Waals surface area contributed by atoms with Crippen LogP contribution in [0.4, 0.5) is 5.69 Å². The van der Waals surface area contributed by atoms with Crippen LogP contribution in [0.15, 0.2) is 42.5 Å². The molecule has 0 fully saturated rings. The fourth-order valence-electron chi connectivity index (χ4n) is 2.26. The highest BCUT2D eigenvalue weighted by molar-refractivity contribution is 5.91. The van der Waals surface area contributed by atoms with Crippen LogP contribution in [-0.4, -0.2) is 19.6 Å². The molecule has 0 bridgehead atoms. The number of amides is 1. The van der Waals surface area contributed by atoms with E-state index in [-0.39, 0.29) is 5.91 Å². The maximum atomic E-state index is 12.1. The summed E-state index contributed by atoms with van der Waals surface area (Å²) in [6.07, 6.45) is 1.17. The Kier molecular flexibility index (Phi) is 6.03. The van der Waals surface area contributed by atoms with Crippen molar-refractivity contribution in [3.8, 4) is 11.5 Å². The van der Waals surface area contributed by atoms with Crippen molar-refractivity contribution in [2.24, 2.45) is 0 Å². The van der Waals surface area contributed by atoms with Crippen molar-refractivity contribution in [1.29, 1.82) is 0 Å². The van der Waals surface area contributed by atoms with Crippen LogP contribution in [0.1, 0.15) is 24.5 Å². The minimum Gasteiger partial charge on any atom is -0.493 e. The smallest absolute Gasteiger partial charge is 0.224 e. The predicted octanol–water partition coefficient (Wildman–Crippen LogP) is 3.97. The number of hydrogen-bond acceptors (Lipinski definition) is 3. The molecule has 23 heavy (non-hydrogen) atoms. The van der Waals surface area contributed by atoms with Crippen molar-refractivity contribution >= 4 is 11.6 Å². The van der Waals surface area contributed by atoms with E-state index in [0.717, 1.165) is 12.0 Å². The van der Waals surface area contributed by atoms with Gasteiger partial charge in [-0.1, -0.05) is 29.8 Å². The van der Waals surface area contributed by atoms with E-state index < -0.39 is 0 Å². The third-order valence-electron chi connectivity index (χ3n) is 3.51. The number of rotatable bonds is 7. The van der Waals surface area contributed by atoms with Crippen molar-refractivity contribution in [3.63, 3.8) is 0 Å². The van der Waals surface area contributed by atoms with Crippen molar-refractivity contribution in [1.82, 2.24) is 0 Å². The molecule has 4 nitrogen and oxygen atoms in total. The topological polar surface area (TPSA) is 47.6 Å². The van der Waals surface area contributed by atoms with E-state index in [4.69, 9.17) is 9.47 Å². The van der Waals surface area contributed by atoms with Crippen LogP contribution in [-0.2, 0) is 11.2 Å². The van der Waals surface area contributed by atoms with Gasteiger partial charge >= 0.3 is 0 Å². The lowest BCUT2D eigenvalue weighted by atomic mass is 10.1. The Balaban J connectivity index is 1.93. The Bertz CT molecular complexity index is 650. The monoisotopic (exact) mass is 313 g/mol. The molecule has 4 heteroatoms. The summed E-state index contributed by atoms with van der Waals surface area (Å²) in [7, 11) is 1.58. The number of anilines is 1. The van der Waals surface area contributed by atoms with Gasteiger partial charge in [0.15, 0.2) is 11.5 Å². The molecule has 0 heterocycles. The molecule has 0 aromatic heterocycles. The van der Waals surface area contributed by atoms with Gasteiger partial charge in [0.2, 0.25) is 5.91 Å². The molecule has 122 valence electrons. The molecule has 0 saturated carbocycles. The summed E-state index contributed by atoms with van der Waals surface area (Å²) in [5.41, 5.74) is 3.09. The van der Waals surface area contributed by atoms with Crippen LogP contribution in [0.2, 0.25) is 0 Å². The Morgan fingerprint density at radius 3 is 2.48 bits per heavy atom. The maximum Gasteiger partial charge on any atom is 0.224 e. The summed E-state index contributed by atoms with van der Waals surface area (Å²) in [5, 5.41) is 2.89. The number of nitrogens with one attached hydrogen (secondary N) is 1. The quantitative estimate of drug-likeness (QED) is 0.841. The van der Waals surface area contributed by atoms with Gasteiger partial charge in [-0.05, 0) is 38.0 Å². The van der Waals surface area contributed by atoms with Crippen LogP contribution in [0.3, 0.4) is 0 Å². The van der Waals surface area contributed by atoms with E-state index in [1.165, 1.54) is 5.56 Å². The Labute approximate surface area is 137 Å². The van der Waals surface area contributed by atoms with Crippen LogP contribution in [0, 0.1) is 6.92 Å². The van der Waals surface area contributed by atoms with Crippen LogP contribution in [0.25, 0.3) is 0 Å². The lowest BCUT2D eigenvalue weighted by molar-refractivity contribution is -0.116. The van der Waals surface area contributed by atoms with Gasteiger partial charge in [0.05, 0.1) is 13.7 Å². The zero-order valence-corrected chi connectivity index (χ0v) is 13.9. The molecular weight excluding hydrogens is 290 g/mol. The third-order valence-corrected chi connectivity index (χ3v) is 3.51. The maximum absolute atomic E-state index is 12.1. The minimum absolute atomic E-state index is 0.0169. The molecule has 2 aromatic rings. The molecule has 2 aromatic carbocycles. The summed E-state index contributed by atoms with van der Waals surface area (Å²) in [6, 6.07) is 13.6. The molecule has 0 atom stereocenters. The molecular formula is C19H23NO3. The molecule has 1 N–H and O–H groups in total. The normalized spacial score (nSPS) is 10.2. The Morgan fingerprint density at radius 1 is 1.09 bits per heavy atom. The SMILES string of the molecule is CCOc1ccc(NC(=O)CCc2ccc(C)cc2)cc1OC. The molecule has 0 saturated heterocycles. The number of methoxy groups -OCH3 is 1. The van der Waals surface area contributed by atoms with Gasteiger partial charge in [-0.25, -0.2) is 0 Å². The molecule has 2 rings (SSSR count). The van der Waals surface area contributed by atoms with Gasteiger partial charge in [-0.3, -0.25) is 4.79 Å². The number of ether oxygens (including phenoxy) is 2. The zero-order valence-electron chi connectivity index (χ0n) is 13.9. The van der Waals surface area contributed by atoms with Gasteiger partial charge in [-0.15, -0.1) is 0 Å². The van der Waals surface area contributed by atoms with Crippen LogP contribution < -0.4 is 14.8 Å². The molecule has 0 unspecified atom stereocenters. The van der Waals surface area contributed by atoms with Gasteiger partial charge in [0, 0.05) is 18.2 Å². The number of carbonyl (C=O) groups is 1.